The number of anilines is 1. The second-order valence-corrected chi connectivity index (χ2v) is 5.07. The number of benzene rings is 1. The standard InChI is InChI=1S/C10H8N6O4S/c11-12-9-14-13-8(21-9)4-15-6-3-5(16(18)19)1-2-7(6)20-10(15)17/h1-3H,4,11H2,(H,12,14). The fraction of sp³-hybridized carbons (Fsp3) is 0.100. The Balaban J connectivity index is 2.08. The Morgan fingerprint density at radius 2 is 2.29 bits per heavy atom. The number of hydrogen-bond donors (Lipinski definition) is 2. The van der Waals surface area contributed by atoms with Crippen LogP contribution in [0.25, 0.3) is 11.1 Å². The maximum absolute atomic E-state index is 11.8. The zero-order valence-corrected chi connectivity index (χ0v) is 11.2. The summed E-state index contributed by atoms with van der Waals surface area (Å²) in [6.45, 7) is 0.0896. The molecule has 10 nitrogen and oxygen atoms in total. The van der Waals surface area contributed by atoms with Gasteiger partial charge >= 0.3 is 5.76 Å². The smallest absolute Gasteiger partial charge is 0.408 e. The van der Waals surface area contributed by atoms with Crippen molar-refractivity contribution in [2.24, 2.45) is 5.84 Å². The van der Waals surface area contributed by atoms with Crippen LogP contribution >= 0.6 is 11.3 Å². The van der Waals surface area contributed by atoms with Crippen molar-refractivity contribution < 1.29 is 9.34 Å². The van der Waals surface area contributed by atoms with Crippen molar-refractivity contribution in [3.8, 4) is 0 Å². The van der Waals surface area contributed by atoms with Gasteiger partial charge in [-0.25, -0.2) is 10.6 Å². The summed E-state index contributed by atoms with van der Waals surface area (Å²) < 4.78 is 6.29. The van der Waals surface area contributed by atoms with Crippen molar-refractivity contribution in [1.82, 2.24) is 14.8 Å². The minimum absolute atomic E-state index is 0.0896. The average molecular weight is 308 g/mol. The van der Waals surface area contributed by atoms with Crippen molar-refractivity contribution in [3.05, 3.63) is 43.9 Å². The molecule has 0 unspecified atom stereocenters. The highest BCUT2D eigenvalue weighted by Crippen LogP contribution is 2.22. The Bertz CT molecular complexity index is 881. The molecule has 0 saturated heterocycles. The van der Waals surface area contributed by atoms with E-state index >= 15 is 0 Å². The summed E-state index contributed by atoms with van der Waals surface area (Å²) in [5.41, 5.74) is 2.82. The van der Waals surface area contributed by atoms with E-state index in [0.717, 1.165) is 0 Å². The summed E-state index contributed by atoms with van der Waals surface area (Å²) >= 11 is 1.17. The van der Waals surface area contributed by atoms with Crippen molar-refractivity contribution in [2.75, 3.05) is 5.43 Å². The molecule has 2 aromatic heterocycles. The Labute approximate surface area is 119 Å². The first kappa shape index (κ1) is 13.2. The monoisotopic (exact) mass is 308 g/mol. The van der Waals surface area contributed by atoms with E-state index in [4.69, 9.17) is 10.3 Å². The summed E-state index contributed by atoms with van der Waals surface area (Å²) in [5.74, 6) is 4.58. The molecule has 3 rings (SSSR count). The number of nitrogens with zero attached hydrogens (tertiary/aromatic N) is 4. The number of rotatable bonds is 4. The quantitative estimate of drug-likeness (QED) is 0.407. The van der Waals surface area contributed by atoms with Crippen molar-refractivity contribution in [1.29, 1.82) is 0 Å². The zero-order chi connectivity index (χ0) is 15.0. The van der Waals surface area contributed by atoms with Crippen LogP contribution in [0.15, 0.2) is 27.4 Å². The molecule has 0 bridgehead atoms. The predicted molar refractivity (Wildman–Crippen MR) is 73.9 cm³/mol. The molecule has 11 heteroatoms. The number of aromatic nitrogens is 3. The number of hydrogen-bond acceptors (Lipinski definition) is 9. The number of nitro benzene ring substituents is 1. The van der Waals surface area contributed by atoms with E-state index in [1.165, 1.54) is 34.1 Å². The third kappa shape index (κ3) is 2.34. The maximum Gasteiger partial charge on any atom is 0.420 e. The summed E-state index contributed by atoms with van der Waals surface area (Å²) in [6, 6.07) is 3.94. The first-order chi connectivity index (χ1) is 10.1. The van der Waals surface area contributed by atoms with E-state index in [-0.39, 0.29) is 17.8 Å². The van der Waals surface area contributed by atoms with E-state index in [2.05, 4.69) is 15.6 Å². The molecule has 0 spiro atoms. The van der Waals surface area contributed by atoms with E-state index in [9.17, 15) is 14.9 Å². The van der Waals surface area contributed by atoms with Gasteiger partial charge in [-0.15, -0.1) is 10.2 Å². The second-order valence-electron chi connectivity index (χ2n) is 4.01. The molecular formula is C10H8N6O4S. The van der Waals surface area contributed by atoms with Crippen molar-refractivity contribution in [2.45, 2.75) is 6.54 Å². The van der Waals surface area contributed by atoms with Crippen LogP contribution in [-0.2, 0) is 6.54 Å². The molecule has 0 amide bonds. The molecule has 21 heavy (non-hydrogen) atoms. The minimum Gasteiger partial charge on any atom is -0.408 e. The van der Waals surface area contributed by atoms with Gasteiger partial charge in [-0.05, 0) is 6.07 Å². The van der Waals surface area contributed by atoms with Crippen LogP contribution in [-0.4, -0.2) is 19.7 Å². The van der Waals surface area contributed by atoms with Crippen molar-refractivity contribution >= 4 is 33.3 Å². The first-order valence-electron chi connectivity index (χ1n) is 5.65. The Morgan fingerprint density at radius 1 is 1.48 bits per heavy atom. The molecule has 108 valence electrons. The number of nitrogen functional groups attached to an aromatic ring is 1. The lowest BCUT2D eigenvalue weighted by Gasteiger charge is -1.98. The van der Waals surface area contributed by atoms with Crippen LogP contribution in [0, 0.1) is 10.1 Å². The van der Waals surface area contributed by atoms with Crippen LogP contribution in [0.3, 0.4) is 0 Å². The summed E-state index contributed by atoms with van der Waals surface area (Å²) in [5, 5.41) is 19.3. The maximum atomic E-state index is 11.8. The molecule has 0 radical (unpaired) electrons. The van der Waals surface area contributed by atoms with Crippen LogP contribution in [0.4, 0.5) is 10.8 Å². The fourth-order valence-corrected chi connectivity index (χ4v) is 2.46. The number of nitro groups is 1. The van der Waals surface area contributed by atoms with E-state index in [1.54, 1.807) is 0 Å². The molecular weight excluding hydrogens is 300 g/mol. The molecule has 0 aliphatic heterocycles. The molecule has 0 fully saturated rings. The van der Waals surface area contributed by atoms with Gasteiger partial charge in [0.25, 0.3) is 5.69 Å². The summed E-state index contributed by atoms with van der Waals surface area (Å²) in [4.78, 5) is 22.1. The number of non-ortho nitro benzene ring substituents is 1. The zero-order valence-electron chi connectivity index (χ0n) is 10.3. The molecule has 0 aliphatic carbocycles. The van der Waals surface area contributed by atoms with E-state index in [1.807, 2.05) is 0 Å². The summed E-state index contributed by atoms with van der Waals surface area (Å²) in [6.07, 6.45) is 0. The van der Waals surface area contributed by atoms with Gasteiger partial charge in [0.05, 0.1) is 17.0 Å². The lowest BCUT2D eigenvalue weighted by atomic mass is 10.3. The SMILES string of the molecule is NNc1nnc(Cn2c(=O)oc3ccc([N+](=O)[O-])cc32)s1. The summed E-state index contributed by atoms with van der Waals surface area (Å²) in [7, 11) is 0. The Hall–Kier alpha value is -2.79. The molecule has 2 heterocycles. The Kier molecular flexibility index (Phi) is 3.12. The van der Waals surface area contributed by atoms with E-state index in [0.29, 0.717) is 15.7 Å². The largest absolute Gasteiger partial charge is 0.420 e. The van der Waals surface area contributed by atoms with Crippen LogP contribution in [0.5, 0.6) is 0 Å². The van der Waals surface area contributed by atoms with Crippen LogP contribution in [0.1, 0.15) is 5.01 Å². The van der Waals surface area contributed by atoms with Crippen LogP contribution < -0.4 is 17.0 Å². The number of nitrogens with one attached hydrogen (secondary N) is 1. The van der Waals surface area contributed by atoms with Gasteiger partial charge in [-0.3, -0.25) is 20.1 Å². The normalized spacial score (nSPS) is 10.9. The minimum atomic E-state index is -0.622. The molecule has 1 aromatic carbocycles. The highest BCUT2D eigenvalue weighted by atomic mass is 32.1. The first-order valence-corrected chi connectivity index (χ1v) is 6.47. The number of hydrazine groups is 1. The third-order valence-electron chi connectivity index (χ3n) is 2.75. The lowest BCUT2D eigenvalue weighted by molar-refractivity contribution is -0.384. The van der Waals surface area contributed by atoms with Gasteiger partial charge in [0, 0.05) is 12.1 Å². The second kappa shape index (κ2) is 4.96. The predicted octanol–water partition coefficient (Wildman–Crippen LogP) is 0.688. The third-order valence-corrected chi connectivity index (χ3v) is 3.58. The van der Waals surface area contributed by atoms with Gasteiger partial charge in [-0.1, -0.05) is 11.3 Å². The Morgan fingerprint density at radius 3 is 2.95 bits per heavy atom. The molecule has 3 N–H and O–H groups in total. The molecule has 0 atom stereocenters. The number of fused-ring (bicyclic) bond motifs is 1. The highest BCUT2D eigenvalue weighted by molar-refractivity contribution is 7.15. The average Bonchev–Trinajstić information content (AvgIpc) is 3.04. The fourth-order valence-electron chi connectivity index (χ4n) is 1.82. The van der Waals surface area contributed by atoms with Gasteiger partial charge in [-0.2, -0.15) is 0 Å². The number of oxazole rings is 1. The van der Waals surface area contributed by atoms with Gasteiger partial charge in [0.2, 0.25) is 5.13 Å². The molecule has 0 aliphatic rings. The van der Waals surface area contributed by atoms with Gasteiger partial charge in [0.15, 0.2) is 5.58 Å². The topological polar surface area (TPSA) is 142 Å². The number of nitrogens with two attached hydrogens (primary N) is 1. The molecule has 3 aromatic rings. The van der Waals surface area contributed by atoms with Gasteiger partial charge in [0.1, 0.15) is 5.01 Å². The highest BCUT2D eigenvalue weighted by Gasteiger charge is 2.15. The van der Waals surface area contributed by atoms with Gasteiger partial charge < -0.3 is 4.42 Å². The molecule has 0 saturated carbocycles. The lowest BCUT2D eigenvalue weighted by Crippen LogP contribution is -2.14. The van der Waals surface area contributed by atoms with Crippen LogP contribution in [0.2, 0.25) is 0 Å². The van der Waals surface area contributed by atoms with Crippen molar-refractivity contribution in [3.63, 3.8) is 0 Å². The van der Waals surface area contributed by atoms with E-state index < -0.39 is 10.7 Å².